The minimum atomic E-state index is -0.265. The predicted molar refractivity (Wildman–Crippen MR) is 59.3 cm³/mol. The van der Waals surface area contributed by atoms with E-state index < -0.39 is 0 Å². The maximum absolute atomic E-state index is 12.0. The first-order valence-corrected chi connectivity index (χ1v) is 5.41. The summed E-state index contributed by atoms with van der Waals surface area (Å²) in [5, 5.41) is 18.8. The molecule has 1 aliphatic heterocycles. The molecule has 1 saturated heterocycles. The average Bonchev–Trinajstić information content (AvgIpc) is 2.77. The number of hydrogen-bond acceptors (Lipinski definition) is 4. The number of nitrogens with one attached hydrogen (secondary N) is 2. The average molecular weight is 224 g/mol. The molecule has 0 unspecified atom stereocenters. The van der Waals surface area contributed by atoms with Crippen LogP contribution < -0.4 is 5.32 Å². The van der Waals surface area contributed by atoms with Gasteiger partial charge in [0.1, 0.15) is 11.5 Å². The number of amides is 1. The highest BCUT2D eigenvalue weighted by Crippen LogP contribution is 2.14. The number of carbonyl (C=O) groups is 1. The van der Waals surface area contributed by atoms with Crippen LogP contribution in [0.5, 0.6) is 0 Å². The first kappa shape index (κ1) is 10.9. The van der Waals surface area contributed by atoms with Gasteiger partial charge in [0.05, 0.1) is 6.10 Å². The second-order valence-corrected chi connectivity index (χ2v) is 3.94. The molecule has 6 nitrogen and oxygen atoms in total. The summed E-state index contributed by atoms with van der Waals surface area (Å²) < 4.78 is 0. The molecule has 0 spiro atoms. The van der Waals surface area contributed by atoms with E-state index in [2.05, 4.69) is 15.5 Å². The van der Waals surface area contributed by atoms with Gasteiger partial charge in [0, 0.05) is 26.2 Å². The van der Waals surface area contributed by atoms with Crippen molar-refractivity contribution in [1.82, 2.24) is 15.1 Å². The molecular weight excluding hydrogens is 208 g/mol. The van der Waals surface area contributed by atoms with Crippen molar-refractivity contribution in [3.63, 3.8) is 0 Å². The van der Waals surface area contributed by atoms with Crippen LogP contribution in [0.3, 0.4) is 0 Å². The molecule has 0 atom stereocenters. The van der Waals surface area contributed by atoms with E-state index in [0.717, 1.165) is 0 Å². The lowest BCUT2D eigenvalue weighted by Crippen LogP contribution is -2.40. The second-order valence-electron chi connectivity index (χ2n) is 3.94. The van der Waals surface area contributed by atoms with Gasteiger partial charge in [-0.2, -0.15) is 5.10 Å². The van der Waals surface area contributed by atoms with E-state index in [4.69, 9.17) is 0 Å². The van der Waals surface area contributed by atoms with Crippen LogP contribution >= 0.6 is 0 Å². The Bertz CT molecular complexity index is 369. The third-order valence-corrected chi connectivity index (χ3v) is 2.82. The Labute approximate surface area is 93.6 Å². The number of carbonyl (C=O) groups excluding carboxylic acids is 1. The number of likely N-dealkylation sites (tertiary alicyclic amines) is 1. The largest absolute Gasteiger partial charge is 0.393 e. The number of piperidine rings is 1. The van der Waals surface area contributed by atoms with Gasteiger partial charge in [0.15, 0.2) is 0 Å². The molecule has 2 rings (SSSR count). The normalized spacial score (nSPS) is 17.5. The summed E-state index contributed by atoms with van der Waals surface area (Å²) >= 11 is 0. The molecule has 88 valence electrons. The second kappa shape index (κ2) is 4.52. The Hall–Kier alpha value is -1.56. The van der Waals surface area contributed by atoms with Crippen molar-refractivity contribution in [2.75, 3.05) is 25.5 Å². The molecule has 1 fully saturated rings. The third kappa shape index (κ3) is 2.16. The van der Waals surface area contributed by atoms with Crippen LogP contribution in [0.2, 0.25) is 0 Å². The van der Waals surface area contributed by atoms with Crippen LogP contribution in [0.1, 0.15) is 23.3 Å². The summed E-state index contributed by atoms with van der Waals surface area (Å²) in [7, 11) is 1.75. The highest BCUT2D eigenvalue weighted by atomic mass is 16.3. The molecule has 0 saturated carbocycles. The van der Waals surface area contributed by atoms with Crippen molar-refractivity contribution in [2.24, 2.45) is 0 Å². The summed E-state index contributed by atoms with van der Waals surface area (Å²) in [6.07, 6.45) is 1.04. The fourth-order valence-electron chi connectivity index (χ4n) is 1.80. The zero-order chi connectivity index (χ0) is 11.5. The lowest BCUT2D eigenvalue weighted by Gasteiger charge is -2.29. The van der Waals surface area contributed by atoms with Gasteiger partial charge in [-0.15, -0.1) is 0 Å². The molecule has 0 radical (unpaired) electrons. The fourth-order valence-corrected chi connectivity index (χ4v) is 1.80. The van der Waals surface area contributed by atoms with E-state index in [1.165, 1.54) is 0 Å². The highest BCUT2D eigenvalue weighted by Gasteiger charge is 2.23. The molecule has 2 heterocycles. The van der Waals surface area contributed by atoms with E-state index in [1.807, 2.05) is 0 Å². The van der Waals surface area contributed by atoms with Gasteiger partial charge in [0.2, 0.25) is 0 Å². The number of anilines is 1. The predicted octanol–water partition coefficient (Wildman–Crippen LogP) is 0.0483. The van der Waals surface area contributed by atoms with Crippen LogP contribution in [0.15, 0.2) is 6.07 Å². The molecule has 1 aliphatic rings. The molecule has 16 heavy (non-hydrogen) atoms. The highest BCUT2D eigenvalue weighted by molar-refractivity contribution is 5.93. The van der Waals surface area contributed by atoms with Crippen LogP contribution in [-0.2, 0) is 0 Å². The number of aromatic nitrogens is 2. The minimum Gasteiger partial charge on any atom is -0.393 e. The quantitative estimate of drug-likeness (QED) is 0.663. The number of aliphatic hydroxyl groups is 1. The summed E-state index contributed by atoms with van der Waals surface area (Å²) in [4.78, 5) is 13.7. The number of aliphatic hydroxyl groups excluding tert-OH is 1. The van der Waals surface area contributed by atoms with Crippen molar-refractivity contribution in [2.45, 2.75) is 18.9 Å². The monoisotopic (exact) mass is 224 g/mol. The maximum atomic E-state index is 12.0. The van der Waals surface area contributed by atoms with Crippen LogP contribution in [-0.4, -0.2) is 52.4 Å². The van der Waals surface area contributed by atoms with Gasteiger partial charge in [-0.25, -0.2) is 0 Å². The smallest absolute Gasteiger partial charge is 0.271 e. The molecule has 0 aromatic carbocycles. The molecule has 6 heteroatoms. The molecule has 1 aromatic rings. The SMILES string of the molecule is CNc1cc(C(=O)N2CCC(O)CC2)[nH]n1. The van der Waals surface area contributed by atoms with Crippen LogP contribution in [0, 0.1) is 0 Å². The van der Waals surface area contributed by atoms with Crippen molar-refractivity contribution in [1.29, 1.82) is 0 Å². The minimum absolute atomic E-state index is 0.0547. The van der Waals surface area contributed by atoms with Gasteiger partial charge in [0.25, 0.3) is 5.91 Å². The number of aromatic amines is 1. The molecule has 1 amide bonds. The first-order chi connectivity index (χ1) is 7.70. The summed E-state index contributed by atoms with van der Waals surface area (Å²) in [5.74, 6) is 0.598. The summed E-state index contributed by atoms with van der Waals surface area (Å²) in [6.45, 7) is 1.21. The molecule has 0 bridgehead atoms. The van der Waals surface area contributed by atoms with Crippen molar-refractivity contribution in [3.8, 4) is 0 Å². The zero-order valence-electron chi connectivity index (χ0n) is 9.23. The van der Waals surface area contributed by atoms with Crippen molar-refractivity contribution < 1.29 is 9.90 Å². The van der Waals surface area contributed by atoms with Crippen molar-refractivity contribution in [3.05, 3.63) is 11.8 Å². The topological polar surface area (TPSA) is 81.3 Å². The lowest BCUT2D eigenvalue weighted by atomic mass is 10.1. The first-order valence-electron chi connectivity index (χ1n) is 5.41. The molecule has 0 aliphatic carbocycles. The van der Waals surface area contributed by atoms with Gasteiger partial charge < -0.3 is 15.3 Å². The molecule has 3 N–H and O–H groups in total. The number of rotatable bonds is 2. The van der Waals surface area contributed by atoms with E-state index in [-0.39, 0.29) is 12.0 Å². The summed E-state index contributed by atoms with van der Waals surface area (Å²) in [6, 6.07) is 1.69. The van der Waals surface area contributed by atoms with Gasteiger partial charge in [-0.1, -0.05) is 0 Å². The zero-order valence-corrected chi connectivity index (χ0v) is 9.23. The Morgan fingerprint density at radius 2 is 2.31 bits per heavy atom. The van der Waals surface area contributed by atoms with Gasteiger partial charge in [-0.05, 0) is 12.8 Å². The van der Waals surface area contributed by atoms with Gasteiger partial charge >= 0.3 is 0 Å². The molecular formula is C10H16N4O2. The Kier molecular flexibility index (Phi) is 3.09. The Balaban J connectivity index is 2.01. The van der Waals surface area contributed by atoms with Crippen LogP contribution in [0.4, 0.5) is 5.82 Å². The standard InChI is InChI=1S/C10H16N4O2/c1-11-9-6-8(12-13-9)10(16)14-4-2-7(15)3-5-14/h6-7,15H,2-5H2,1H3,(H2,11,12,13). The Morgan fingerprint density at radius 3 is 2.88 bits per heavy atom. The number of hydrogen-bond donors (Lipinski definition) is 3. The number of nitrogens with zero attached hydrogens (tertiary/aromatic N) is 2. The Morgan fingerprint density at radius 1 is 1.62 bits per heavy atom. The lowest BCUT2D eigenvalue weighted by molar-refractivity contribution is 0.0541. The van der Waals surface area contributed by atoms with E-state index in [0.29, 0.717) is 37.4 Å². The van der Waals surface area contributed by atoms with Gasteiger partial charge in [-0.3, -0.25) is 9.89 Å². The van der Waals surface area contributed by atoms with Crippen molar-refractivity contribution >= 4 is 11.7 Å². The van der Waals surface area contributed by atoms with E-state index >= 15 is 0 Å². The summed E-state index contributed by atoms with van der Waals surface area (Å²) in [5.41, 5.74) is 0.487. The van der Waals surface area contributed by atoms with E-state index in [9.17, 15) is 9.90 Å². The number of H-pyrrole nitrogens is 1. The van der Waals surface area contributed by atoms with Crippen LogP contribution in [0.25, 0.3) is 0 Å². The molecule has 1 aromatic heterocycles. The van der Waals surface area contributed by atoms with E-state index in [1.54, 1.807) is 18.0 Å². The fraction of sp³-hybridized carbons (Fsp3) is 0.600. The maximum Gasteiger partial charge on any atom is 0.271 e. The third-order valence-electron chi connectivity index (χ3n) is 2.82.